The van der Waals surface area contributed by atoms with Crippen LogP contribution < -0.4 is 10.6 Å². The summed E-state index contributed by atoms with van der Waals surface area (Å²) in [5.41, 5.74) is 8.06. The lowest BCUT2D eigenvalue weighted by Crippen LogP contribution is -2.25. The van der Waals surface area contributed by atoms with Gasteiger partial charge in [-0.05, 0) is 38.3 Å². The monoisotopic (exact) mass is 231 g/mol. The van der Waals surface area contributed by atoms with Crippen molar-refractivity contribution < 1.29 is 0 Å². The highest BCUT2D eigenvalue weighted by molar-refractivity contribution is 5.57. The third-order valence-corrected chi connectivity index (χ3v) is 3.47. The highest BCUT2D eigenvalue weighted by Crippen LogP contribution is 2.26. The van der Waals surface area contributed by atoms with Crippen molar-refractivity contribution in [1.82, 2.24) is 10.2 Å². The topological polar surface area (TPSA) is 78.8 Å². The molecule has 0 radical (unpaired) electrons. The molecule has 2 heterocycles. The van der Waals surface area contributed by atoms with Crippen molar-refractivity contribution in [2.45, 2.75) is 20.3 Å². The van der Waals surface area contributed by atoms with Crippen molar-refractivity contribution in [3.05, 3.63) is 16.8 Å². The quantitative estimate of drug-likeness (QED) is 0.812. The Morgan fingerprint density at radius 3 is 2.82 bits per heavy atom. The number of anilines is 1. The fraction of sp³-hybridized carbons (Fsp3) is 0.583. The van der Waals surface area contributed by atoms with Crippen LogP contribution in [0, 0.1) is 31.1 Å². The lowest BCUT2D eigenvalue weighted by molar-refractivity contribution is 0.602. The molecule has 2 rings (SSSR count). The number of nitrogens with zero attached hydrogens (tertiary/aromatic N) is 4. The molecule has 1 saturated heterocycles. The highest BCUT2D eigenvalue weighted by atomic mass is 15.3. The summed E-state index contributed by atoms with van der Waals surface area (Å²) in [5.74, 6) is 1.22. The molecule has 1 unspecified atom stereocenters. The Bertz CT molecular complexity index is 463. The van der Waals surface area contributed by atoms with Crippen LogP contribution in [0.1, 0.15) is 23.2 Å². The second-order valence-corrected chi connectivity index (χ2v) is 4.56. The molecule has 0 aliphatic carbocycles. The van der Waals surface area contributed by atoms with Gasteiger partial charge < -0.3 is 10.6 Å². The van der Waals surface area contributed by atoms with E-state index in [0.717, 1.165) is 30.8 Å². The number of nitriles is 1. The van der Waals surface area contributed by atoms with E-state index in [9.17, 15) is 5.26 Å². The van der Waals surface area contributed by atoms with Gasteiger partial charge in [-0.15, -0.1) is 5.10 Å². The molecule has 1 aliphatic heterocycles. The van der Waals surface area contributed by atoms with E-state index in [1.54, 1.807) is 0 Å². The number of hydrogen-bond donors (Lipinski definition) is 1. The molecule has 0 amide bonds. The number of aryl methyl sites for hydroxylation is 1. The molecule has 0 saturated carbocycles. The minimum Gasteiger partial charge on any atom is -0.354 e. The van der Waals surface area contributed by atoms with Crippen LogP contribution in [0.4, 0.5) is 5.82 Å². The minimum atomic E-state index is 0.505. The van der Waals surface area contributed by atoms with Crippen molar-refractivity contribution >= 4 is 5.82 Å². The van der Waals surface area contributed by atoms with Crippen molar-refractivity contribution in [3.63, 3.8) is 0 Å². The van der Waals surface area contributed by atoms with Gasteiger partial charge in [-0.2, -0.15) is 10.4 Å². The van der Waals surface area contributed by atoms with E-state index in [1.165, 1.54) is 0 Å². The van der Waals surface area contributed by atoms with E-state index >= 15 is 0 Å². The van der Waals surface area contributed by atoms with E-state index in [4.69, 9.17) is 5.73 Å². The van der Waals surface area contributed by atoms with Crippen molar-refractivity contribution in [3.8, 4) is 6.07 Å². The van der Waals surface area contributed by atoms with Crippen molar-refractivity contribution in [2.75, 3.05) is 24.5 Å². The first-order valence-electron chi connectivity index (χ1n) is 5.86. The third kappa shape index (κ3) is 2.08. The van der Waals surface area contributed by atoms with Crippen LogP contribution in [0.5, 0.6) is 0 Å². The van der Waals surface area contributed by atoms with Gasteiger partial charge in [0.15, 0.2) is 5.82 Å². The SMILES string of the molecule is Cc1nnc(N2CCC(CN)C2)c(C#N)c1C. The molecule has 17 heavy (non-hydrogen) atoms. The molecule has 5 heteroatoms. The van der Waals surface area contributed by atoms with Crippen LogP contribution >= 0.6 is 0 Å². The summed E-state index contributed by atoms with van der Waals surface area (Å²) in [5, 5.41) is 17.5. The standard InChI is InChI=1S/C12H17N5/c1-8-9(2)15-16-12(11(8)6-14)17-4-3-10(5-13)7-17/h10H,3-5,7,13H2,1-2H3. The van der Waals surface area contributed by atoms with Crippen LogP contribution in [-0.4, -0.2) is 29.8 Å². The van der Waals surface area contributed by atoms with Gasteiger partial charge in [0, 0.05) is 13.1 Å². The summed E-state index contributed by atoms with van der Waals surface area (Å²) in [7, 11) is 0. The molecular weight excluding hydrogens is 214 g/mol. The fourth-order valence-electron chi connectivity index (χ4n) is 2.17. The Kier molecular flexibility index (Phi) is 3.25. The summed E-state index contributed by atoms with van der Waals surface area (Å²) < 4.78 is 0. The molecule has 1 aliphatic rings. The van der Waals surface area contributed by atoms with Crippen LogP contribution in [0.15, 0.2) is 0 Å². The maximum absolute atomic E-state index is 9.24. The summed E-state index contributed by atoms with van der Waals surface area (Å²) in [6.45, 7) is 6.27. The van der Waals surface area contributed by atoms with Crippen molar-refractivity contribution in [1.29, 1.82) is 5.26 Å². The summed E-state index contributed by atoms with van der Waals surface area (Å²) in [4.78, 5) is 2.12. The molecule has 90 valence electrons. The van der Waals surface area contributed by atoms with E-state index < -0.39 is 0 Å². The first-order chi connectivity index (χ1) is 8.17. The van der Waals surface area contributed by atoms with Crippen molar-refractivity contribution in [2.24, 2.45) is 11.7 Å². The summed E-state index contributed by atoms with van der Waals surface area (Å²) in [6, 6.07) is 2.24. The van der Waals surface area contributed by atoms with Gasteiger partial charge in [-0.1, -0.05) is 0 Å². The Balaban J connectivity index is 2.34. The fourth-order valence-corrected chi connectivity index (χ4v) is 2.17. The molecule has 1 aromatic rings. The van der Waals surface area contributed by atoms with Gasteiger partial charge in [0.2, 0.25) is 0 Å². The Morgan fingerprint density at radius 2 is 2.24 bits per heavy atom. The summed E-state index contributed by atoms with van der Waals surface area (Å²) in [6.07, 6.45) is 1.07. The Hall–Kier alpha value is -1.67. The van der Waals surface area contributed by atoms with Gasteiger partial charge in [-0.25, -0.2) is 0 Å². The molecule has 0 bridgehead atoms. The van der Waals surface area contributed by atoms with Crippen LogP contribution in [0.3, 0.4) is 0 Å². The molecule has 1 atom stereocenters. The van der Waals surface area contributed by atoms with Gasteiger partial charge in [0.1, 0.15) is 11.6 Å². The minimum absolute atomic E-state index is 0.505. The van der Waals surface area contributed by atoms with Crippen LogP contribution in [0.25, 0.3) is 0 Å². The Labute approximate surface area is 101 Å². The maximum Gasteiger partial charge on any atom is 0.169 e. The summed E-state index contributed by atoms with van der Waals surface area (Å²) >= 11 is 0. The van der Waals surface area contributed by atoms with E-state index in [1.807, 2.05) is 13.8 Å². The van der Waals surface area contributed by atoms with Gasteiger partial charge in [-0.3, -0.25) is 0 Å². The van der Waals surface area contributed by atoms with Gasteiger partial charge in [0.05, 0.1) is 5.69 Å². The number of nitrogens with two attached hydrogens (primary N) is 1. The molecule has 0 aromatic carbocycles. The number of rotatable bonds is 2. The number of hydrogen-bond acceptors (Lipinski definition) is 5. The average Bonchev–Trinajstić information content (AvgIpc) is 2.81. The average molecular weight is 231 g/mol. The van der Waals surface area contributed by atoms with Gasteiger partial charge in [0.25, 0.3) is 0 Å². The second-order valence-electron chi connectivity index (χ2n) is 4.56. The lowest BCUT2D eigenvalue weighted by Gasteiger charge is -2.19. The smallest absolute Gasteiger partial charge is 0.169 e. The molecule has 5 nitrogen and oxygen atoms in total. The maximum atomic E-state index is 9.24. The van der Waals surface area contributed by atoms with Crippen LogP contribution in [-0.2, 0) is 0 Å². The zero-order valence-electron chi connectivity index (χ0n) is 10.3. The van der Waals surface area contributed by atoms with E-state index in [-0.39, 0.29) is 0 Å². The predicted molar refractivity (Wildman–Crippen MR) is 65.6 cm³/mol. The molecule has 0 spiro atoms. The largest absolute Gasteiger partial charge is 0.354 e. The second kappa shape index (κ2) is 4.68. The van der Waals surface area contributed by atoms with Gasteiger partial charge >= 0.3 is 0 Å². The zero-order valence-corrected chi connectivity index (χ0v) is 10.3. The molecule has 2 N–H and O–H groups in total. The number of aromatic nitrogens is 2. The first-order valence-corrected chi connectivity index (χ1v) is 5.86. The van der Waals surface area contributed by atoms with E-state index in [2.05, 4.69) is 21.2 Å². The lowest BCUT2D eigenvalue weighted by atomic mass is 10.1. The highest BCUT2D eigenvalue weighted by Gasteiger charge is 2.25. The molecule has 1 aromatic heterocycles. The molecule has 1 fully saturated rings. The molecular formula is C12H17N5. The normalized spacial score (nSPS) is 19.4. The first kappa shape index (κ1) is 11.8. The zero-order chi connectivity index (χ0) is 12.4. The third-order valence-electron chi connectivity index (χ3n) is 3.47. The van der Waals surface area contributed by atoms with Crippen LogP contribution in [0.2, 0.25) is 0 Å². The van der Waals surface area contributed by atoms with E-state index in [0.29, 0.717) is 23.8 Å². The Morgan fingerprint density at radius 1 is 1.47 bits per heavy atom. The predicted octanol–water partition coefficient (Wildman–Crippen LogP) is 0.750.